The number of carboxylic acid groups (broad SMARTS) is 1. The maximum absolute atomic E-state index is 10.9. The predicted octanol–water partition coefficient (Wildman–Crippen LogP) is 0.112. The van der Waals surface area contributed by atoms with Crippen LogP contribution in [0.25, 0.3) is 0 Å². The molecule has 0 aromatic heterocycles. The van der Waals surface area contributed by atoms with E-state index in [9.17, 15) is 15.0 Å². The molecule has 0 saturated heterocycles. The van der Waals surface area contributed by atoms with Gasteiger partial charge >= 0.3 is 5.97 Å². The van der Waals surface area contributed by atoms with Crippen molar-refractivity contribution >= 4 is 5.97 Å². The number of hydrogen-bond acceptors (Lipinski definition) is 5. The second kappa shape index (κ2) is 5.03. The molecule has 0 fully saturated rings. The number of benzene rings is 1. The van der Waals surface area contributed by atoms with Gasteiger partial charge in [-0.1, -0.05) is 0 Å². The van der Waals surface area contributed by atoms with Gasteiger partial charge in [0.15, 0.2) is 0 Å². The van der Waals surface area contributed by atoms with E-state index in [0.29, 0.717) is 5.56 Å². The van der Waals surface area contributed by atoms with E-state index >= 15 is 0 Å². The van der Waals surface area contributed by atoms with Crippen molar-refractivity contribution in [3.05, 3.63) is 23.8 Å². The monoisotopic (exact) mass is 240 g/mol. The number of likely N-dealkylation sites (N-methyl/N-ethyl adjacent to an activating group) is 1. The van der Waals surface area contributed by atoms with E-state index in [1.165, 1.54) is 12.1 Å². The number of nitrogens with zero attached hydrogens (tertiary/aromatic N) is 1. The first-order valence-electron chi connectivity index (χ1n) is 5.01. The molecule has 5 N–H and O–H groups in total. The molecule has 2 atom stereocenters. The first-order chi connectivity index (χ1) is 7.84. The topological polar surface area (TPSA) is 107 Å². The summed E-state index contributed by atoms with van der Waals surface area (Å²) in [4.78, 5) is 12.5. The van der Waals surface area contributed by atoms with E-state index in [1.54, 1.807) is 19.0 Å². The zero-order valence-corrected chi connectivity index (χ0v) is 9.66. The summed E-state index contributed by atoms with van der Waals surface area (Å²) in [6.45, 7) is 0. The zero-order chi connectivity index (χ0) is 13.2. The molecule has 0 aliphatic heterocycles. The van der Waals surface area contributed by atoms with Crippen LogP contribution < -0.4 is 5.73 Å². The first-order valence-corrected chi connectivity index (χ1v) is 5.01. The van der Waals surface area contributed by atoms with E-state index in [2.05, 4.69) is 0 Å². The summed E-state index contributed by atoms with van der Waals surface area (Å²) in [5, 5.41) is 27.8. The number of rotatable bonds is 4. The highest BCUT2D eigenvalue weighted by Gasteiger charge is 2.29. The van der Waals surface area contributed by atoms with Gasteiger partial charge in [0.05, 0.1) is 6.04 Å². The molecule has 0 aliphatic rings. The number of phenolic OH excluding ortho intramolecular Hbond substituents is 2. The highest BCUT2D eigenvalue weighted by atomic mass is 16.4. The zero-order valence-electron chi connectivity index (χ0n) is 9.66. The Labute approximate surface area is 98.9 Å². The second-order valence-electron chi connectivity index (χ2n) is 4.02. The molecule has 0 amide bonds. The van der Waals surface area contributed by atoms with Crippen LogP contribution in [0.2, 0.25) is 0 Å². The van der Waals surface area contributed by atoms with Gasteiger partial charge in [0.2, 0.25) is 0 Å². The molecule has 1 aromatic rings. The quantitative estimate of drug-likeness (QED) is 0.595. The van der Waals surface area contributed by atoms with Crippen LogP contribution in [0.15, 0.2) is 18.2 Å². The normalized spacial score (nSPS) is 14.6. The molecular weight excluding hydrogens is 224 g/mol. The Morgan fingerprint density at radius 1 is 1.35 bits per heavy atom. The van der Waals surface area contributed by atoms with Gasteiger partial charge < -0.3 is 26.0 Å². The van der Waals surface area contributed by atoms with Crippen molar-refractivity contribution in [1.29, 1.82) is 0 Å². The lowest BCUT2D eigenvalue weighted by Crippen LogP contribution is -2.43. The lowest BCUT2D eigenvalue weighted by molar-refractivity contribution is -0.140. The van der Waals surface area contributed by atoms with Gasteiger partial charge in [0.25, 0.3) is 0 Å². The van der Waals surface area contributed by atoms with Gasteiger partial charge in [-0.15, -0.1) is 0 Å². The van der Waals surface area contributed by atoms with Gasteiger partial charge in [0.1, 0.15) is 17.5 Å². The smallest absolute Gasteiger partial charge is 0.322 e. The van der Waals surface area contributed by atoms with Crippen LogP contribution in [0.3, 0.4) is 0 Å². The van der Waals surface area contributed by atoms with Crippen molar-refractivity contribution in [3.63, 3.8) is 0 Å². The van der Waals surface area contributed by atoms with Crippen LogP contribution >= 0.6 is 0 Å². The van der Waals surface area contributed by atoms with Crippen LogP contribution in [0.5, 0.6) is 11.5 Å². The Morgan fingerprint density at radius 2 is 1.94 bits per heavy atom. The Kier molecular flexibility index (Phi) is 3.93. The summed E-state index contributed by atoms with van der Waals surface area (Å²) in [7, 11) is 3.33. The summed E-state index contributed by atoms with van der Waals surface area (Å²) >= 11 is 0. The molecule has 94 valence electrons. The fraction of sp³-hybridized carbons (Fsp3) is 0.364. The van der Waals surface area contributed by atoms with E-state index in [1.807, 2.05) is 0 Å². The fourth-order valence-corrected chi connectivity index (χ4v) is 1.71. The Hall–Kier alpha value is -1.79. The molecule has 0 radical (unpaired) electrons. The van der Waals surface area contributed by atoms with Crippen LogP contribution in [0.1, 0.15) is 11.6 Å². The number of aromatic hydroxyl groups is 2. The number of phenols is 2. The summed E-state index contributed by atoms with van der Waals surface area (Å²) in [6, 6.07) is 2.15. The van der Waals surface area contributed by atoms with Crippen molar-refractivity contribution in [1.82, 2.24) is 4.90 Å². The summed E-state index contributed by atoms with van der Waals surface area (Å²) in [5.41, 5.74) is 5.95. The molecule has 1 rings (SSSR count). The van der Waals surface area contributed by atoms with Crippen molar-refractivity contribution < 1.29 is 20.1 Å². The summed E-state index contributed by atoms with van der Waals surface area (Å²) in [5.74, 6) is -1.43. The summed E-state index contributed by atoms with van der Waals surface area (Å²) in [6.07, 6.45) is 0. The average molecular weight is 240 g/mol. The third-order valence-electron chi connectivity index (χ3n) is 2.51. The molecule has 0 spiro atoms. The number of carbonyl (C=O) groups is 1. The Balaban J connectivity index is 3.19. The lowest BCUT2D eigenvalue weighted by atomic mass is 9.98. The minimum absolute atomic E-state index is 0.0901. The molecule has 1 aromatic carbocycles. The van der Waals surface area contributed by atoms with Gasteiger partial charge in [-0.2, -0.15) is 0 Å². The third kappa shape index (κ3) is 2.86. The maximum atomic E-state index is 10.9. The van der Waals surface area contributed by atoms with Crippen molar-refractivity contribution in [3.8, 4) is 11.5 Å². The third-order valence-corrected chi connectivity index (χ3v) is 2.51. The number of nitrogens with two attached hydrogens (primary N) is 1. The Morgan fingerprint density at radius 3 is 2.35 bits per heavy atom. The van der Waals surface area contributed by atoms with Crippen molar-refractivity contribution in [2.24, 2.45) is 5.73 Å². The van der Waals surface area contributed by atoms with Gasteiger partial charge in [0, 0.05) is 11.6 Å². The molecule has 6 nitrogen and oxygen atoms in total. The molecule has 0 bridgehead atoms. The van der Waals surface area contributed by atoms with Crippen LogP contribution in [0, 0.1) is 0 Å². The molecule has 0 saturated carbocycles. The number of carboxylic acids is 1. The maximum Gasteiger partial charge on any atom is 0.322 e. The van der Waals surface area contributed by atoms with Gasteiger partial charge in [-0.3, -0.25) is 4.79 Å². The van der Waals surface area contributed by atoms with E-state index in [-0.39, 0.29) is 11.5 Å². The minimum Gasteiger partial charge on any atom is -0.508 e. The van der Waals surface area contributed by atoms with E-state index < -0.39 is 18.1 Å². The average Bonchev–Trinajstić information content (AvgIpc) is 2.20. The fourth-order valence-electron chi connectivity index (χ4n) is 1.71. The van der Waals surface area contributed by atoms with Gasteiger partial charge in [-0.25, -0.2) is 0 Å². The lowest BCUT2D eigenvalue weighted by Gasteiger charge is -2.28. The molecule has 0 heterocycles. The largest absolute Gasteiger partial charge is 0.508 e. The highest BCUT2D eigenvalue weighted by molar-refractivity contribution is 5.74. The van der Waals surface area contributed by atoms with Crippen LogP contribution in [-0.2, 0) is 4.79 Å². The molecule has 6 heteroatoms. The predicted molar refractivity (Wildman–Crippen MR) is 61.8 cm³/mol. The SMILES string of the molecule is CN(C)C(c1ccc(O)cc1O)C(N)C(=O)O. The molecular formula is C11H16N2O4. The molecule has 2 unspecified atom stereocenters. The van der Waals surface area contributed by atoms with E-state index in [4.69, 9.17) is 10.8 Å². The van der Waals surface area contributed by atoms with Crippen LogP contribution in [-0.4, -0.2) is 46.3 Å². The van der Waals surface area contributed by atoms with Gasteiger partial charge in [-0.05, 0) is 26.2 Å². The first kappa shape index (κ1) is 13.3. The van der Waals surface area contributed by atoms with Crippen molar-refractivity contribution in [2.45, 2.75) is 12.1 Å². The highest BCUT2D eigenvalue weighted by Crippen LogP contribution is 2.31. The van der Waals surface area contributed by atoms with Crippen molar-refractivity contribution in [2.75, 3.05) is 14.1 Å². The standard InChI is InChI=1S/C11H16N2O4/c1-13(2)10(9(12)11(16)17)7-4-3-6(14)5-8(7)15/h3-5,9-10,14-15H,12H2,1-2H3,(H,16,17). The minimum atomic E-state index is -1.17. The number of hydrogen-bond donors (Lipinski definition) is 4. The second-order valence-corrected chi connectivity index (χ2v) is 4.02. The molecule has 0 aliphatic carbocycles. The van der Waals surface area contributed by atoms with E-state index in [0.717, 1.165) is 6.07 Å². The summed E-state index contributed by atoms with van der Waals surface area (Å²) < 4.78 is 0. The number of aliphatic carboxylic acids is 1. The molecule has 17 heavy (non-hydrogen) atoms. The van der Waals surface area contributed by atoms with Crippen LogP contribution in [0.4, 0.5) is 0 Å². The Bertz CT molecular complexity index is 420.